The van der Waals surface area contributed by atoms with Crippen LogP contribution in [0.25, 0.3) is 0 Å². The van der Waals surface area contributed by atoms with Gasteiger partial charge in [0.1, 0.15) is 11.5 Å². The summed E-state index contributed by atoms with van der Waals surface area (Å²) in [7, 11) is 1.54. The van der Waals surface area contributed by atoms with E-state index in [1.54, 1.807) is 36.4 Å². The van der Waals surface area contributed by atoms with E-state index in [1.807, 2.05) is 50.2 Å². The van der Waals surface area contributed by atoms with Crippen LogP contribution in [0.5, 0.6) is 11.5 Å². The molecule has 1 fully saturated rings. The van der Waals surface area contributed by atoms with Crippen molar-refractivity contribution in [2.45, 2.75) is 89.3 Å². The highest BCUT2D eigenvalue weighted by atomic mass is 19.4. The Morgan fingerprint density at radius 3 is 2.30 bits per heavy atom. The van der Waals surface area contributed by atoms with Crippen molar-refractivity contribution < 1.29 is 42.4 Å². The van der Waals surface area contributed by atoms with Gasteiger partial charge in [0.15, 0.2) is 5.78 Å². The number of urea groups is 1. The number of nitrogens with one attached hydrogen (secondary N) is 1. The van der Waals surface area contributed by atoms with Crippen LogP contribution in [-0.2, 0) is 13.0 Å². The summed E-state index contributed by atoms with van der Waals surface area (Å²) in [5.74, 6) is -0.204. The van der Waals surface area contributed by atoms with Crippen molar-refractivity contribution in [3.8, 4) is 11.5 Å². The third-order valence-corrected chi connectivity index (χ3v) is 11.6. The van der Waals surface area contributed by atoms with Crippen molar-refractivity contribution in [1.29, 1.82) is 0 Å². The Morgan fingerprint density at radius 1 is 0.929 bits per heavy atom. The first-order valence-corrected chi connectivity index (χ1v) is 19.0. The molecule has 3 aliphatic rings. The highest BCUT2D eigenvalue weighted by Crippen LogP contribution is 2.59. The molecule has 0 saturated heterocycles. The molecule has 3 aliphatic carbocycles. The minimum Gasteiger partial charge on any atom is -0.497 e. The average Bonchev–Trinajstić information content (AvgIpc) is 3.42. The van der Waals surface area contributed by atoms with E-state index in [9.17, 15) is 33.0 Å². The lowest BCUT2D eigenvalue weighted by atomic mass is 9.64. The smallest absolute Gasteiger partial charge is 0.497 e. The minimum absolute atomic E-state index is 0.0227. The van der Waals surface area contributed by atoms with E-state index in [2.05, 4.69) is 16.1 Å². The number of amides is 2. The van der Waals surface area contributed by atoms with Crippen LogP contribution in [0.1, 0.15) is 90.9 Å². The first-order chi connectivity index (χ1) is 26.7. The van der Waals surface area contributed by atoms with Crippen LogP contribution in [0.3, 0.4) is 0 Å². The summed E-state index contributed by atoms with van der Waals surface area (Å²) < 4.78 is 48.1. The molecule has 0 spiro atoms. The first kappa shape index (κ1) is 40.5. The number of benzene rings is 4. The largest absolute Gasteiger partial charge is 0.573 e. The quantitative estimate of drug-likeness (QED) is 0.116. The summed E-state index contributed by atoms with van der Waals surface area (Å²) >= 11 is 0. The Labute approximate surface area is 326 Å². The molecule has 8 nitrogen and oxygen atoms in total. The van der Waals surface area contributed by atoms with Crippen LogP contribution in [0.15, 0.2) is 109 Å². The number of alkyl halides is 3. The number of anilines is 1. The topological polar surface area (TPSA) is 108 Å². The van der Waals surface area contributed by atoms with E-state index in [-0.39, 0.29) is 30.5 Å². The van der Waals surface area contributed by atoms with E-state index in [0.717, 1.165) is 16.7 Å². The van der Waals surface area contributed by atoms with Crippen LogP contribution in [-0.4, -0.2) is 58.6 Å². The van der Waals surface area contributed by atoms with Gasteiger partial charge in [0.2, 0.25) is 0 Å². The molecule has 0 radical (unpaired) electrons. The minimum atomic E-state index is -4.85. The average molecular weight is 771 g/mol. The molecule has 3 N–H and O–H groups in total. The van der Waals surface area contributed by atoms with Crippen LogP contribution in [0.4, 0.5) is 23.7 Å². The number of allylic oxidation sites excluding steroid dienone is 2. The fraction of sp³-hybridized carbons (Fsp3) is 0.378. The highest BCUT2D eigenvalue weighted by molar-refractivity contribution is 6.10. The number of halogens is 3. The molecular formula is C45H49F3N2O6. The van der Waals surface area contributed by atoms with E-state index < -0.39 is 29.5 Å². The summed E-state index contributed by atoms with van der Waals surface area (Å²) in [6.07, 6.45) is 0.399. The fourth-order valence-electron chi connectivity index (χ4n) is 8.35. The number of carbonyl (C=O) groups excluding carboxylic acids is 2. The van der Waals surface area contributed by atoms with Gasteiger partial charge in [0.25, 0.3) is 0 Å². The molecule has 4 unspecified atom stereocenters. The van der Waals surface area contributed by atoms with E-state index in [0.29, 0.717) is 73.1 Å². The Balaban J connectivity index is 1.39. The second-order valence-electron chi connectivity index (χ2n) is 15.3. The number of ether oxygens (including phenoxy) is 2. The number of fused-ring (bicyclic) bond motifs is 8. The highest BCUT2D eigenvalue weighted by Gasteiger charge is 2.57. The van der Waals surface area contributed by atoms with Gasteiger partial charge in [-0.05, 0) is 117 Å². The number of rotatable bonds is 9. The van der Waals surface area contributed by atoms with Crippen molar-refractivity contribution in [3.05, 3.63) is 137 Å². The number of aliphatic hydroxyl groups is 2. The Kier molecular flexibility index (Phi) is 12.3. The zero-order valence-electron chi connectivity index (χ0n) is 31.9. The lowest BCUT2D eigenvalue weighted by molar-refractivity contribution is -0.274. The van der Waals surface area contributed by atoms with Crippen LogP contribution >= 0.6 is 0 Å². The first-order valence-electron chi connectivity index (χ1n) is 19.0. The zero-order chi connectivity index (χ0) is 40.1. The van der Waals surface area contributed by atoms with Gasteiger partial charge in [-0.2, -0.15) is 0 Å². The Hall–Kier alpha value is -5.13. The van der Waals surface area contributed by atoms with Gasteiger partial charge in [0.05, 0.1) is 25.4 Å². The third-order valence-electron chi connectivity index (χ3n) is 11.6. The number of hydrogen-bond donors (Lipinski definition) is 3. The van der Waals surface area contributed by atoms with Crippen molar-refractivity contribution in [3.63, 3.8) is 0 Å². The van der Waals surface area contributed by atoms with Gasteiger partial charge in [-0.15, -0.1) is 13.2 Å². The van der Waals surface area contributed by atoms with Gasteiger partial charge in [-0.25, -0.2) is 4.79 Å². The van der Waals surface area contributed by atoms with Gasteiger partial charge in [-0.3, -0.25) is 4.79 Å². The molecular weight excluding hydrogens is 721 g/mol. The molecule has 1 saturated carbocycles. The molecule has 56 heavy (non-hydrogen) atoms. The van der Waals surface area contributed by atoms with E-state index >= 15 is 0 Å². The van der Waals surface area contributed by atoms with E-state index in [4.69, 9.17) is 4.74 Å². The zero-order valence-corrected chi connectivity index (χ0v) is 31.9. The summed E-state index contributed by atoms with van der Waals surface area (Å²) in [5, 5.41) is 26.9. The van der Waals surface area contributed by atoms with E-state index in [1.165, 1.54) is 36.3 Å². The molecule has 2 amide bonds. The molecule has 0 heterocycles. The number of hydrogen-bond acceptors (Lipinski definition) is 6. The number of ketones is 1. The van der Waals surface area contributed by atoms with Crippen LogP contribution in [0.2, 0.25) is 0 Å². The summed E-state index contributed by atoms with van der Waals surface area (Å²) in [5.41, 5.74) is 2.59. The predicted molar refractivity (Wildman–Crippen MR) is 209 cm³/mol. The summed E-state index contributed by atoms with van der Waals surface area (Å²) in [6, 6.07) is 26.5. The predicted octanol–water partition coefficient (Wildman–Crippen LogP) is 9.60. The SMILES string of the molecule is COc1ccc(NC(=O)N(Cc2ccc(OC(F)(F)F)cc2)CC2(O)CCC3c4ccc(cc4C(=O)c4ccccc4)CC(O)CCC(C)=CCCC32C)cc1. The van der Waals surface area contributed by atoms with Crippen LogP contribution in [0, 0.1) is 5.41 Å². The van der Waals surface area contributed by atoms with Gasteiger partial charge < -0.3 is 29.9 Å². The number of aliphatic hydroxyl groups excluding tert-OH is 1. The second-order valence-corrected chi connectivity index (χ2v) is 15.3. The van der Waals surface area contributed by atoms with Gasteiger partial charge >= 0.3 is 12.4 Å². The van der Waals surface area contributed by atoms with Crippen molar-refractivity contribution in [2.24, 2.45) is 5.41 Å². The number of methoxy groups -OCH3 is 1. The normalized spacial score (nSPS) is 22.7. The van der Waals surface area contributed by atoms with Crippen molar-refractivity contribution >= 4 is 17.5 Å². The molecule has 2 bridgehead atoms. The maximum absolute atomic E-state index is 14.3. The molecule has 4 aromatic rings. The van der Waals surface area contributed by atoms with Gasteiger partial charge in [-0.1, -0.05) is 73.2 Å². The maximum atomic E-state index is 14.3. The monoisotopic (exact) mass is 770 g/mol. The number of carbonyl (C=O) groups is 2. The molecule has 7 rings (SSSR count). The number of nitrogens with zero attached hydrogens (tertiary/aromatic N) is 1. The Bertz CT molecular complexity index is 2020. The van der Waals surface area contributed by atoms with Crippen molar-refractivity contribution in [1.82, 2.24) is 4.90 Å². The Morgan fingerprint density at radius 2 is 1.62 bits per heavy atom. The standard InChI is InChI=1S/C45H49F3N2O6/c1-30-8-7-24-43(2)40(38-22-14-32(26-35(51)17-11-30)27-39(38)41(52)33-9-5-4-6-10-33)23-25-44(43,54)29-50(42(53)49-34-15-20-36(55-3)21-16-34)28-31-12-18-37(19-13-31)56-45(46,47)48/h4-6,8-10,12-16,18-22,27,35,40,51,54H,7,11,17,23-26,28-29H2,1-3H3,(H,49,53). The summed E-state index contributed by atoms with van der Waals surface area (Å²) in [4.78, 5) is 30.0. The molecule has 0 aliphatic heterocycles. The molecule has 4 aromatic carbocycles. The van der Waals surface area contributed by atoms with Crippen molar-refractivity contribution in [2.75, 3.05) is 19.0 Å². The second kappa shape index (κ2) is 16.9. The molecule has 4 atom stereocenters. The fourth-order valence-corrected chi connectivity index (χ4v) is 8.35. The maximum Gasteiger partial charge on any atom is 0.573 e. The summed E-state index contributed by atoms with van der Waals surface area (Å²) in [6.45, 7) is 3.96. The third kappa shape index (κ3) is 9.45. The molecule has 296 valence electrons. The lowest BCUT2D eigenvalue weighted by Crippen LogP contribution is -2.54. The van der Waals surface area contributed by atoms with Crippen LogP contribution < -0.4 is 14.8 Å². The lowest BCUT2D eigenvalue weighted by Gasteiger charge is -2.46. The molecule has 0 aromatic heterocycles. The van der Waals surface area contributed by atoms with Gasteiger partial charge in [0, 0.05) is 28.8 Å². The molecule has 11 heteroatoms.